The standard InChI is InChI=1S/C13H17Br2N3O.ClH/c1-8-4-10(14)13(11(15)5-8)17-12(19)7-18-3-2-9(16)6-18;/h4-5,9H,2-3,6-7,16H2,1H3,(H,17,19);1H/t9-;/m1./s1. The summed E-state index contributed by atoms with van der Waals surface area (Å²) in [7, 11) is 0. The summed E-state index contributed by atoms with van der Waals surface area (Å²) in [6, 6.07) is 4.16. The zero-order chi connectivity index (χ0) is 14.0. The Hall–Kier alpha value is -0.140. The van der Waals surface area contributed by atoms with E-state index >= 15 is 0 Å². The Morgan fingerprint density at radius 2 is 2.05 bits per heavy atom. The van der Waals surface area contributed by atoms with Crippen molar-refractivity contribution >= 4 is 55.9 Å². The Morgan fingerprint density at radius 3 is 2.55 bits per heavy atom. The third-order valence-electron chi connectivity index (χ3n) is 3.13. The summed E-state index contributed by atoms with van der Waals surface area (Å²) in [5.74, 6) is -0.0145. The fraction of sp³-hybridized carbons (Fsp3) is 0.462. The zero-order valence-electron chi connectivity index (χ0n) is 11.2. The molecule has 1 heterocycles. The van der Waals surface area contributed by atoms with Crippen LogP contribution in [0.15, 0.2) is 21.1 Å². The molecule has 1 fully saturated rings. The number of aryl methyl sites for hydroxylation is 1. The van der Waals surface area contributed by atoms with E-state index in [4.69, 9.17) is 5.73 Å². The monoisotopic (exact) mass is 425 g/mol. The van der Waals surface area contributed by atoms with Gasteiger partial charge in [-0.25, -0.2) is 0 Å². The van der Waals surface area contributed by atoms with Gasteiger partial charge in [0.1, 0.15) is 0 Å². The molecule has 0 unspecified atom stereocenters. The highest BCUT2D eigenvalue weighted by Gasteiger charge is 2.21. The van der Waals surface area contributed by atoms with Crippen molar-refractivity contribution in [1.82, 2.24) is 4.90 Å². The number of hydrogen-bond acceptors (Lipinski definition) is 3. The van der Waals surface area contributed by atoms with E-state index in [0.29, 0.717) is 6.54 Å². The van der Waals surface area contributed by atoms with Gasteiger partial charge in [-0.15, -0.1) is 12.4 Å². The van der Waals surface area contributed by atoms with Crippen molar-refractivity contribution in [1.29, 1.82) is 0 Å². The second-order valence-corrected chi connectivity index (χ2v) is 6.64. The van der Waals surface area contributed by atoms with Crippen LogP contribution in [-0.2, 0) is 4.79 Å². The van der Waals surface area contributed by atoms with Crippen LogP contribution in [0.5, 0.6) is 0 Å². The van der Waals surface area contributed by atoms with Gasteiger partial charge in [0.2, 0.25) is 5.91 Å². The topological polar surface area (TPSA) is 58.4 Å². The summed E-state index contributed by atoms with van der Waals surface area (Å²) < 4.78 is 1.76. The third kappa shape index (κ3) is 4.70. The molecule has 0 radical (unpaired) electrons. The van der Waals surface area contributed by atoms with Crippen LogP contribution < -0.4 is 11.1 Å². The lowest BCUT2D eigenvalue weighted by Gasteiger charge is -2.16. The number of benzene rings is 1. The molecule has 4 nitrogen and oxygen atoms in total. The van der Waals surface area contributed by atoms with Crippen LogP contribution in [0.25, 0.3) is 0 Å². The van der Waals surface area contributed by atoms with Gasteiger partial charge in [-0.3, -0.25) is 9.69 Å². The molecular formula is C13H18Br2ClN3O. The number of carbonyl (C=O) groups excluding carboxylic acids is 1. The first-order valence-electron chi connectivity index (χ1n) is 6.19. The van der Waals surface area contributed by atoms with Gasteiger partial charge in [0.25, 0.3) is 0 Å². The number of carbonyl (C=O) groups is 1. The average Bonchev–Trinajstić information content (AvgIpc) is 2.69. The Bertz CT molecular complexity index is 475. The van der Waals surface area contributed by atoms with Crippen molar-refractivity contribution < 1.29 is 4.79 Å². The predicted octanol–water partition coefficient (Wildman–Crippen LogP) is 2.91. The number of nitrogens with zero attached hydrogens (tertiary/aromatic N) is 1. The zero-order valence-corrected chi connectivity index (χ0v) is 15.1. The van der Waals surface area contributed by atoms with Crippen LogP contribution in [0.1, 0.15) is 12.0 Å². The van der Waals surface area contributed by atoms with Crippen molar-refractivity contribution in [3.8, 4) is 0 Å². The van der Waals surface area contributed by atoms with Gasteiger partial charge in [0.05, 0.1) is 12.2 Å². The fourth-order valence-electron chi connectivity index (χ4n) is 2.21. The molecule has 1 aromatic rings. The van der Waals surface area contributed by atoms with E-state index in [2.05, 4.69) is 42.1 Å². The maximum absolute atomic E-state index is 12.0. The third-order valence-corrected chi connectivity index (χ3v) is 4.38. The highest BCUT2D eigenvalue weighted by Crippen LogP contribution is 2.32. The average molecular weight is 428 g/mol. The molecule has 1 aromatic carbocycles. The fourth-order valence-corrected chi connectivity index (χ4v) is 3.82. The molecule has 1 aliphatic heterocycles. The first-order chi connectivity index (χ1) is 8.95. The lowest BCUT2D eigenvalue weighted by Crippen LogP contribution is -2.33. The number of nitrogens with two attached hydrogens (primary N) is 1. The molecule has 1 aliphatic rings. The molecule has 0 aromatic heterocycles. The summed E-state index contributed by atoms with van der Waals surface area (Å²) in [4.78, 5) is 14.1. The number of hydrogen-bond donors (Lipinski definition) is 2. The van der Waals surface area contributed by atoms with Crippen LogP contribution in [0, 0.1) is 6.92 Å². The minimum absolute atomic E-state index is 0. The Balaban J connectivity index is 0.00000200. The second kappa shape index (κ2) is 7.75. The number of nitrogens with one attached hydrogen (secondary N) is 1. The Labute approximate surface area is 142 Å². The molecule has 112 valence electrons. The lowest BCUT2D eigenvalue weighted by molar-refractivity contribution is -0.117. The summed E-state index contributed by atoms with van der Waals surface area (Å²) in [5, 5.41) is 2.93. The first kappa shape index (κ1) is 17.9. The summed E-state index contributed by atoms with van der Waals surface area (Å²) in [5.41, 5.74) is 7.73. The number of halogens is 3. The summed E-state index contributed by atoms with van der Waals surface area (Å²) in [6.45, 7) is 4.08. The highest BCUT2D eigenvalue weighted by atomic mass is 79.9. The smallest absolute Gasteiger partial charge is 0.238 e. The van der Waals surface area contributed by atoms with E-state index in [1.807, 2.05) is 19.1 Å². The van der Waals surface area contributed by atoms with Crippen molar-refractivity contribution in [2.45, 2.75) is 19.4 Å². The summed E-state index contributed by atoms with van der Waals surface area (Å²) in [6.07, 6.45) is 0.963. The van der Waals surface area contributed by atoms with Gasteiger partial charge < -0.3 is 11.1 Å². The maximum Gasteiger partial charge on any atom is 0.238 e. The molecule has 0 bridgehead atoms. The maximum atomic E-state index is 12.0. The molecule has 3 N–H and O–H groups in total. The Morgan fingerprint density at radius 1 is 1.45 bits per heavy atom. The van der Waals surface area contributed by atoms with Crippen LogP contribution in [0.2, 0.25) is 0 Å². The normalized spacial score (nSPS) is 18.7. The highest BCUT2D eigenvalue weighted by molar-refractivity contribution is 9.11. The van der Waals surface area contributed by atoms with E-state index in [9.17, 15) is 4.79 Å². The number of amides is 1. The van der Waals surface area contributed by atoms with Crippen LogP contribution in [-0.4, -0.2) is 36.5 Å². The van der Waals surface area contributed by atoms with Crippen molar-refractivity contribution in [3.05, 3.63) is 26.6 Å². The van der Waals surface area contributed by atoms with E-state index in [-0.39, 0.29) is 24.4 Å². The van der Waals surface area contributed by atoms with Crippen molar-refractivity contribution in [2.75, 3.05) is 25.0 Å². The van der Waals surface area contributed by atoms with Crippen molar-refractivity contribution in [3.63, 3.8) is 0 Å². The predicted molar refractivity (Wildman–Crippen MR) is 91.5 cm³/mol. The van der Waals surface area contributed by atoms with Crippen molar-refractivity contribution in [2.24, 2.45) is 5.73 Å². The second-order valence-electron chi connectivity index (χ2n) is 4.94. The summed E-state index contributed by atoms with van der Waals surface area (Å²) >= 11 is 6.94. The quantitative estimate of drug-likeness (QED) is 0.780. The number of likely N-dealkylation sites (tertiary alicyclic amines) is 1. The number of anilines is 1. The molecule has 0 aliphatic carbocycles. The SMILES string of the molecule is Cc1cc(Br)c(NC(=O)CN2CC[C@@H](N)C2)c(Br)c1.Cl. The van der Waals surface area contributed by atoms with E-state index in [0.717, 1.165) is 39.7 Å². The van der Waals surface area contributed by atoms with Gasteiger partial charge >= 0.3 is 0 Å². The van der Waals surface area contributed by atoms with E-state index < -0.39 is 0 Å². The molecule has 1 saturated heterocycles. The molecular weight excluding hydrogens is 409 g/mol. The molecule has 1 atom stereocenters. The first-order valence-corrected chi connectivity index (χ1v) is 7.77. The van der Waals surface area contributed by atoms with Gasteiger partial charge in [-0.1, -0.05) is 0 Å². The number of rotatable bonds is 3. The molecule has 2 rings (SSSR count). The Kier molecular flexibility index (Phi) is 6.94. The van der Waals surface area contributed by atoms with Crippen LogP contribution >= 0.6 is 44.3 Å². The van der Waals surface area contributed by atoms with E-state index in [1.54, 1.807) is 0 Å². The lowest BCUT2D eigenvalue weighted by atomic mass is 10.2. The molecule has 1 amide bonds. The van der Waals surface area contributed by atoms with Gasteiger partial charge in [-0.05, 0) is 62.9 Å². The molecule has 0 saturated carbocycles. The van der Waals surface area contributed by atoms with E-state index in [1.165, 1.54) is 0 Å². The van der Waals surface area contributed by atoms with Crippen LogP contribution in [0.3, 0.4) is 0 Å². The van der Waals surface area contributed by atoms with Gasteiger partial charge in [0, 0.05) is 28.1 Å². The minimum Gasteiger partial charge on any atom is -0.326 e. The largest absolute Gasteiger partial charge is 0.326 e. The van der Waals surface area contributed by atoms with Gasteiger partial charge in [-0.2, -0.15) is 0 Å². The molecule has 20 heavy (non-hydrogen) atoms. The minimum atomic E-state index is -0.0145. The molecule has 7 heteroatoms. The van der Waals surface area contributed by atoms with Gasteiger partial charge in [0.15, 0.2) is 0 Å². The van der Waals surface area contributed by atoms with Crippen LogP contribution in [0.4, 0.5) is 5.69 Å². The molecule has 0 spiro atoms.